The van der Waals surface area contributed by atoms with Gasteiger partial charge in [-0.05, 0) is 36.6 Å². The Balaban J connectivity index is 2.10. The number of allylic oxidation sites excluding steroid dienone is 1. The zero-order valence-electron chi connectivity index (χ0n) is 16.6. The van der Waals surface area contributed by atoms with E-state index in [9.17, 15) is 5.26 Å². The molecule has 0 spiro atoms. The van der Waals surface area contributed by atoms with Crippen LogP contribution in [0, 0.1) is 23.7 Å². The maximum Gasteiger partial charge on any atom is 0.141 e. The van der Waals surface area contributed by atoms with Crippen LogP contribution in [-0.2, 0) is 0 Å². The average Bonchev–Trinajstić information content (AvgIpc) is 3.03. The van der Waals surface area contributed by atoms with Crippen LogP contribution in [0.5, 0.6) is 0 Å². The molecular formula is C22H24N6. The average molecular weight is 372 g/mol. The Kier molecular flexibility index (Phi) is 5.27. The summed E-state index contributed by atoms with van der Waals surface area (Å²) in [5.74, 6) is 0. The van der Waals surface area contributed by atoms with E-state index < -0.39 is 0 Å². The number of fused-ring (bicyclic) bond motifs is 1. The van der Waals surface area contributed by atoms with Crippen molar-refractivity contribution in [1.29, 1.82) is 5.26 Å². The van der Waals surface area contributed by atoms with Crippen LogP contribution in [0.15, 0.2) is 47.9 Å². The second-order valence-electron chi connectivity index (χ2n) is 7.92. The fourth-order valence-electron chi connectivity index (χ4n) is 2.85. The molecule has 2 N–H and O–H groups in total. The fraction of sp³-hybridized carbons (Fsp3) is 0.273. The lowest BCUT2D eigenvalue weighted by atomic mass is 9.97. The Hall–Kier alpha value is -3.46. The minimum Gasteiger partial charge on any atom is -0.404 e. The summed E-state index contributed by atoms with van der Waals surface area (Å²) in [6.07, 6.45) is 7.20. The molecule has 0 aliphatic carbocycles. The number of aliphatic imine (C=N–C) groups is 1. The summed E-state index contributed by atoms with van der Waals surface area (Å²) >= 11 is 0. The van der Waals surface area contributed by atoms with Crippen molar-refractivity contribution >= 4 is 17.4 Å². The third-order valence-electron chi connectivity index (χ3n) is 4.15. The Bertz CT molecular complexity index is 1110. The topological polar surface area (TPSA) is 92.4 Å². The molecule has 0 bridgehead atoms. The van der Waals surface area contributed by atoms with Gasteiger partial charge in [0, 0.05) is 48.1 Å². The lowest BCUT2D eigenvalue weighted by Crippen LogP contribution is -2.09. The van der Waals surface area contributed by atoms with Gasteiger partial charge in [-0.15, -0.1) is 0 Å². The van der Waals surface area contributed by atoms with E-state index in [0.717, 1.165) is 28.0 Å². The normalized spacial score (nSPS) is 12.6. The molecule has 3 aromatic heterocycles. The van der Waals surface area contributed by atoms with Crippen molar-refractivity contribution in [1.82, 2.24) is 14.4 Å². The minimum atomic E-state index is 0.0888. The van der Waals surface area contributed by atoms with E-state index in [2.05, 4.69) is 41.8 Å². The number of aryl methyl sites for hydroxylation is 1. The number of rotatable bonds is 4. The zero-order valence-corrected chi connectivity index (χ0v) is 16.6. The van der Waals surface area contributed by atoms with Gasteiger partial charge in [0.2, 0.25) is 0 Å². The lowest BCUT2D eigenvalue weighted by Gasteiger charge is -2.14. The van der Waals surface area contributed by atoms with E-state index in [1.807, 2.05) is 41.9 Å². The highest BCUT2D eigenvalue weighted by molar-refractivity contribution is 6.11. The summed E-state index contributed by atoms with van der Waals surface area (Å²) in [5, 5.41) is 9.31. The maximum absolute atomic E-state index is 9.31. The molecule has 0 aromatic carbocycles. The number of nitrogens with two attached hydrogens (primary N) is 1. The number of nitriles is 1. The van der Waals surface area contributed by atoms with Crippen molar-refractivity contribution in [2.75, 3.05) is 6.54 Å². The van der Waals surface area contributed by atoms with E-state index in [1.54, 1.807) is 12.3 Å². The number of nitrogens with zero attached hydrogens (tertiary/aromatic N) is 5. The first kappa shape index (κ1) is 19.3. The molecule has 0 saturated carbocycles. The number of pyridine rings is 2. The highest BCUT2D eigenvalue weighted by Gasteiger charge is 2.14. The molecule has 0 radical (unpaired) electrons. The van der Waals surface area contributed by atoms with Gasteiger partial charge in [-0.25, -0.2) is 9.97 Å². The molecule has 28 heavy (non-hydrogen) atoms. The highest BCUT2D eigenvalue weighted by Crippen LogP contribution is 2.28. The van der Waals surface area contributed by atoms with Crippen LogP contribution < -0.4 is 5.73 Å². The second-order valence-corrected chi connectivity index (χ2v) is 7.92. The molecule has 6 nitrogen and oxygen atoms in total. The van der Waals surface area contributed by atoms with Crippen LogP contribution >= 0.6 is 0 Å². The largest absolute Gasteiger partial charge is 0.404 e. The first-order chi connectivity index (χ1) is 13.3. The van der Waals surface area contributed by atoms with Crippen LogP contribution in [-0.4, -0.2) is 27.1 Å². The van der Waals surface area contributed by atoms with Crippen LogP contribution in [0.2, 0.25) is 0 Å². The van der Waals surface area contributed by atoms with Gasteiger partial charge in [-0.2, -0.15) is 5.26 Å². The van der Waals surface area contributed by atoms with Gasteiger partial charge in [0.1, 0.15) is 17.4 Å². The highest BCUT2D eigenvalue weighted by atomic mass is 15.0. The second kappa shape index (κ2) is 7.65. The first-order valence-electron chi connectivity index (χ1n) is 9.10. The van der Waals surface area contributed by atoms with Crippen molar-refractivity contribution in [3.05, 3.63) is 59.8 Å². The molecule has 6 heteroatoms. The minimum absolute atomic E-state index is 0.0888. The molecule has 0 saturated heterocycles. The molecule has 0 aliphatic heterocycles. The third-order valence-corrected chi connectivity index (χ3v) is 4.15. The first-order valence-corrected chi connectivity index (χ1v) is 9.10. The molecule has 3 aromatic rings. The standard InChI is InChI=1S/C22H24N6/c1-15-13-28-8-7-16(9-20(28)26-15)21-19(6-5-18(11-24)27-21)17(10-23)12-25-14-22(2,3)4/h5-10,12-13H,14,23H2,1-4H3. The van der Waals surface area contributed by atoms with Gasteiger partial charge in [0.25, 0.3) is 0 Å². The summed E-state index contributed by atoms with van der Waals surface area (Å²) < 4.78 is 1.96. The molecule has 142 valence electrons. The summed E-state index contributed by atoms with van der Waals surface area (Å²) in [6, 6.07) is 9.59. The fourth-order valence-corrected chi connectivity index (χ4v) is 2.85. The number of hydrogen-bond donors (Lipinski definition) is 1. The zero-order chi connectivity index (χ0) is 20.3. The van der Waals surface area contributed by atoms with Crippen molar-refractivity contribution in [3.8, 4) is 17.3 Å². The van der Waals surface area contributed by atoms with E-state index in [0.29, 0.717) is 17.9 Å². The van der Waals surface area contributed by atoms with Crippen molar-refractivity contribution in [2.24, 2.45) is 16.1 Å². The van der Waals surface area contributed by atoms with Gasteiger partial charge in [0.05, 0.1) is 11.4 Å². The van der Waals surface area contributed by atoms with Crippen LogP contribution in [0.25, 0.3) is 22.5 Å². The lowest BCUT2D eigenvalue weighted by molar-refractivity contribution is 0.430. The maximum atomic E-state index is 9.31. The van der Waals surface area contributed by atoms with Crippen LogP contribution in [0.1, 0.15) is 37.7 Å². The van der Waals surface area contributed by atoms with Gasteiger partial charge in [-0.3, -0.25) is 4.99 Å². The van der Waals surface area contributed by atoms with Crippen molar-refractivity contribution < 1.29 is 0 Å². The molecule has 3 rings (SSSR count). The molecule has 0 fully saturated rings. The Morgan fingerprint density at radius 1 is 1.29 bits per heavy atom. The molecule has 3 heterocycles. The van der Waals surface area contributed by atoms with Crippen LogP contribution in [0.3, 0.4) is 0 Å². The van der Waals surface area contributed by atoms with E-state index in [4.69, 9.17) is 5.73 Å². The SMILES string of the molecule is Cc1cn2ccc(-c3nc(C#N)ccc3C(C=NCC(C)(C)C)=CN)cc2n1. The van der Waals surface area contributed by atoms with Crippen LogP contribution in [0.4, 0.5) is 0 Å². The Morgan fingerprint density at radius 3 is 2.75 bits per heavy atom. The Labute approximate surface area is 165 Å². The van der Waals surface area contributed by atoms with Crippen molar-refractivity contribution in [3.63, 3.8) is 0 Å². The predicted octanol–water partition coefficient (Wildman–Crippen LogP) is 3.99. The summed E-state index contributed by atoms with van der Waals surface area (Å²) in [6.45, 7) is 9.03. The summed E-state index contributed by atoms with van der Waals surface area (Å²) in [4.78, 5) is 13.6. The molecule has 0 unspecified atom stereocenters. The summed E-state index contributed by atoms with van der Waals surface area (Å²) in [5.41, 5.74) is 11.2. The molecular weight excluding hydrogens is 348 g/mol. The predicted molar refractivity (Wildman–Crippen MR) is 113 cm³/mol. The smallest absolute Gasteiger partial charge is 0.141 e. The molecule has 0 atom stereocenters. The summed E-state index contributed by atoms with van der Waals surface area (Å²) in [7, 11) is 0. The third kappa shape index (κ3) is 4.26. The van der Waals surface area contributed by atoms with E-state index in [-0.39, 0.29) is 5.41 Å². The van der Waals surface area contributed by atoms with Gasteiger partial charge < -0.3 is 10.1 Å². The molecule has 0 aliphatic rings. The number of aromatic nitrogens is 3. The van der Waals surface area contributed by atoms with E-state index in [1.165, 1.54) is 6.20 Å². The van der Waals surface area contributed by atoms with Crippen molar-refractivity contribution in [2.45, 2.75) is 27.7 Å². The number of imidazole rings is 1. The van der Waals surface area contributed by atoms with Gasteiger partial charge in [0.15, 0.2) is 0 Å². The van der Waals surface area contributed by atoms with Gasteiger partial charge >= 0.3 is 0 Å². The number of hydrogen-bond acceptors (Lipinski definition) is 5. The quantitative estimate of drug-likeness (QED) is 0.701. The molecule has 0 amide bonds. The monoisotopic (exact) mass is 372 g/mol. The van der Waals surface area contributed by atoms with E-state index >= 15 is 0 Å². The van der Waals surface area contributed by atoms with Gasteiger partial charge in [-0.1, -0.05) is 20.8 Å². The Morgan fingerprint density at radius 2 is 2.07 bits per heavy atom.